The van der Waals surface area contributed by atoms with Crippen molar-refractivity contribution in [3.8, 4) is 11.1 Å². The number of benzene rings is 3. The van der Waals surface area contributed by atoms with Crippen molar-refractivity contribution in [2.75, 3.05) is 0 Å². The van der Waals surface area contributed by atoms with E-state index in [1.165, 1.54) is 15.9 Å². The van der Waals surface area contributed by atoms with Crippen molar-refractivity contribution in [1.82, 2.24) is 0 Å². The van der Waals surface area contributed by atoms with Crippen LogP contribution < -0.4 is 0 Å². The summed E-state index contributed by atoms with van der Waals surface area (Å²) in [5.74, 6) is 0. The fraction of sp³-hybridized carbons (Fsp3) is 0. The smallest absolute Gasteiger partial charge is 0.258 e. The van der Waals surface area contributed by atoms with Gasteiger partial charge in [-0.25, -0.2) is 0 Å². The van der Waals surface area contributed by atoms with Crippen LogP contribution >= 0.6 is 7.81 Å². The van der Waals surface area contributed by atoms with Crippen LogP contribution in [0, 0.1) is 10.1 Å². The van der Waals surface area contributed by atoms with Crippen LogP contribution in [0.2, 0.25) is 0 Å². The summed E-state index contributed by atoms with van der Waals surface area (Å²) in [5, 5.41) is 10.8. The fourth-order valence-electron chi connectivity index (χ4n) is 2.18. The standard InChI is InChI=1S/C18H13NO2S.F6P/c20-19(21)16-6-4-5-15(13-16)14-9-11-18(12-10-14)22-17-7-2-1-3-8-17;1-7(2,3,4,5)6/h1-13H;/q;-1/p+1. The molecule has 0 bridgehead atoms. The second-order valence-corrected chi connectivity index (χ2v) is 8.93. The van der Waals surface area contributed by atoms with Crippen molar-refractivity contribution in [2.45, 2.75) is 9.79 Å². The maximum atomic E-state index is 10.8. The molecule has 11 heteroatoms. The van der Waals surface area contributed by atoms with Gasteiger partial charge in [0, 0.05) is 23.9 Å². The van der Waals surface area contributed by atoms with E-state index in [9.17, 15) is 35.3 Å². The zero-order chi connectivity index (χ0) is 21.8. The first-order valence-corrected chi connectivity index (χ1v) is 10.8. The predicted molar refractivity (Wildman–Crippen MR) is 104 cm³/mol. The van der Waals surface area contributed by atoms with Gasteiger partial charge in [-0.2, -0.15) is 0 Å². The van der Waals surface area contributed by atoms with Gasteiger partial charge in [0.05, 0.1) is 4.92 Å². The molecule has 0 aliphatic carbocycles. The molecule has 3 nitrogen and oxygen atoms in total. The molecule has 0 unspecified atom stereocenters. The molecule has 0 heterocycles. The van der Waals surface area contributed by atoms with Gasteiger partial charge in [0.1, 0.15) is 0 Å². The van der Waals surface area contributed by atoms with E-state index < -0.39 is 7.81 Å². The number of hydrogen-bond acceptors (Lipinski definition) is 2. The van der Waals surface area contributed by atoms with E-state index in [4.69, 9.17) is 0 Å². The molecule has 0 spiro atoms. The van der Waals surface area contributed by atoms with Gasteiger partial charge in [-0.05, 0) is 47.5 Å². The Morgan fingerprint density at radius 1 is 0.690 bits per heavy atom. The maximum absolute atomic E-state index is 10.8. The van der Waals surface area contributed by atoms with Crippen LogP contribution in [-0.2, 0) is 11.8 Å². The van der Waals surface area contributed by atoms with Crippen LogP contribution in [0.25, 0.3) is 11.1 Å². The van der Waals surface area contributed by atoms with E-state index in [-0.39, 0.29) is 10.6 Å². The summed E-state index contributed by atoms with van der Waals surface area (Å²) in [6.45, 7) is 0. The zero-order valence-electron chi connectivity index (χ0n) is 14.4. The number of halogens is 6. The minimum Gasteiger partial charge on any atom is -0.258 e. The molecule has 3 rings (SSSR count). The number of rotatable bonds is 4. The van der Waals surface area contributed by atoms with E-state index in [1.54, 1.807) is 12.1 Å². The van der Waals surface area contributed by atoms with Crippen molar-refractivity contribution in [3.63, 3.8) is 0 Å². The van der Waals surface area contributed by atoms with Crippen LogP contribution in [0.15, 0.2) is 88.7 Å². The summed E-state index contributed by atoms with van der Waals surface area (Å²) in [6.07, 6.45) is 0. The SMILES string of the molecule is F[P-](F)(F)(F)(F)F.O=[N+]([O-])c1cccc(-c2ccc([SH+]c3ccccc3)cc2)c1. The number of hydrogen-bond donors (Lipinski definition) is 0. The molecule has 29 heavy (non-hydrogen) atoms. The van der Waals surface area contributed by atoms with Gasteiger partial charge in [-0.15, -0.1) is 0 Å². The Hall–Kier alpha value is -2.58. The Labute approximate surface area is 165 Å². The second kappa shape index (κ2) is 7.68. The Morgan fingerprint density at radius 2 is 1.21 bits per heavy atom. The monoisotopic (exact) mass is 453 g/mol. The number of nitro groups is 1. The van der Waals surface area contributed by atoms with Crippen LogP contribution in [0.3, 0.4) is 0 Å². The molecular weight excluding hydrogens is 439 g/mol. The van der Waals surface area contributed by atoms with Gasteiger partial charge in [0.25, 0.3) is 5.69 Å². The van der Waals surface area contributed by atoms with Gasteiger partial charge in [-0.1, -0.05) is 30.3 Å². The van der Waals surface area contributed by atoms with Crippen molar-refractivity contribution in [2.24, 2.45) is 0 Å². The molecule has 3 aromatic carbocycles. The van der Waals surface area contributed by atoms with E-state index in [0.29, 0.717) is 0 Å². The Balaban J connectivity index is 0.000000370. The molecule has 0 aliphatic heterocycles. The Morgan fingerprint density at radius 3 is 1.72 bits per heavy atom. The van der Waals surface area contributed by atoms with E-state index in [0.717, 1.165) is 22.9 Å². The molecule has 0 saturated heterocycles. The average molecular weight is 453 g/mol. The quantitative estimate of drug-likeness (QED) is 0.101. The first kappa shape index (κ1) is 22.7. The molecule has 0 fully saturated rings. The number of nitro benzene ring substituents is 1. The maximum Gasteiger partial charge on any atom is 0.270 e. The van der Waals surface area contributed by atoms with Gasteiger partial charge in [0.2, 0.25) is 0 Å². The predicted octanol–water partition coefficient (Wildman–Crippen LogP) is 7.88. The summed E-state index contributed by atoms with van der Waals surface area (Å²) in [4.78, 5) is 12.9. The number of thiol groups is 1. The minimum absolute atomic E-state index is 0.115. The molecule has 0 amide bonds. The third-order valence-corrected chi connectivity index (χ3v) is 4.38. The topological polar surface area (TPSA) is 43.1 Å². The van der Waals surface area contributed by atoms with Gasteiger partial charge in [0.15, 0.2) is 9.79 Å². The van der Waals surface area contributed by atoms with Crippen molar-refractivity contribution < 1.29 is 30.1 Å². The normalized spacial score (nSPS) is 13.4. The van der Waals surface area contributed by atoms with Gasteiger partial charge >= 0.3 is 33.0 Å². The van der Waals surface area contributed by atoms with E-state index in [2.05, 4.69) is 24.3 Å². The summed E-state index contributed by atoms with van der Waals surface area (Å²) in [6, 6.07) is 25.1. The van der Waals surface area contributed by atoms with E-state index >= 15 is 0 Å². The van der Waals surface area contributed by atoms with Crippen LogP contribution in [-0.4, -0.2) is 4.92 Å². The molecule has 3 aromatic rings. The van der Waals surface area contributed by atoms with Crippen LogP contribution in [0.4, 0.5) is 30.9 Å². The molecule has 156 valence electrons. The summed E-state index contributed by atoms with van der Waals surface area (Å²) in [5.41, 5.74) is 1.96. The first-order valence-electron chi connectivity index (χ1n) is 7.85. The molecule has 0 aliphatic rings. The van der Waals surface area contributed by atoms with Crippen LogP contribution in [0.1, 0.15) is 0 Å². The van der Waals surface area contributed by atoms with E-state index in [1.807, 2.05) is 36.4 Å². The van der Waals surface area contributed by atoms with Crippen molar-refractivity contribution >= 4 is 25.3 Å². The molecule has 0 radical (unpaired) electrons. The van der Waals surface area contributed by atoms with Gasteiger partial charge < -0.3 is 0 Å². The molecule has 0 N–H and O–H groups in total. The summed E-state index contributed by atoms with van der Waals surface area (Å²) < 4.78 is 59.2. The summed E-state index contributed by atoms with van der Waals surface area (Å²) in [7, 11) is -10.7. The van der Waals surface area contributed by atoms with Crippen LogP contribution in [0.5, 0.6) is 0 Å². The minimum atomic E-state index is -10.7. The molecule has 0 saturated carbocycles. The molecule has 0 aromatic heterocycles. The third-order valence-electron chi connectivity index (χ3n) is 3.27. The second-order valence-electron chi connectivity index (χ2n) is 5.76. The summed E-state index contributed by atoms with van der Waals surface area (Å²) >= 11 is 1.15. The average Bonchev–Trinajstić information content (AvgIpc) is 2.61. The number of nitrogens with zero attached hydrogens (tertiary/aromatic N) is 1. The zero-order valence-corrected chi connectivity index (χ0v) is 16.2. The van der Waals surface area contributed by atoms with Crippen molar-refractivity contribution in [1.29, 1.82) is 0 Å². The fourth-order valence-corrected chi connectivity index (χ4v) is 3.10. The Bertz CT molecular complexity index is 985. The Kier molecular flexibility index (Phi) is 6.02. The third kappa shape index (κ3) is 9.96. The first-order chi connectivity index (χ1) is 13.2. The van der Waals surface area contributed by atoms with Gasteiger partial charge in [-0.3, -0.25) is 10.1 Å². The largest absolute Gasteiger partial charge is 0.270 e. The molecule has 0 atom stereocenters. The molecular formula is C18H14F6NO2PS. The number of non-ortho nitro benzene ring substituents is 1. The van der Waals surface area contributed by atoms with Crippen molar-refractivity contribution in [3.05, 3.63) is 89.0 Å².